The molecule has 8 heteroatoms. The van der Waals surface area contributed by atoms with Crippen LogP contribution in [0.25, 0.3) is 0 Å². The maximum Gasteiger partial charge on any atom is 0.325 e. The van der Waals surface area contributed by atoms with Gasteiger partial charge in [-0.3, -0.25) is 14.4 Å². The molecule has 0 aliphatic carbocycles. The number of nitrogens with one attached hydrogen (secondary N) is 2. The normalized spacial score (nSPS) is 9.72. The third-order valence-corrected chi connectivity index (χ3v) is 3.89. The quantitative estimate of drug-likeness (QED) is 0.734. The van der Waals surface area contributed by atoms with E-state index in [4.69, 9.17) is 10.00 Å². The smallest absolute Gasteiger partial charge is 0.325 e. The number of nitrogens with zero attached hydrogens (tertiary/aromatic N) is 1. The molecule has 128 valence electrons. The lowest BCUT2D eigenvalue weighted by molar-refractivity contribution is -0.146. The number of nitriles is 1. The first-order valence-corrected chi connectivity index (χ1v) is 8.19. The van der Waals surface area contributed by atoms with Crippen LogP contribution in [0.2, 0.25) is 0 Å². The number of esters is 1. The third-order valence-electron chi connectivity index (χ3n) is 3.02. The van der Waals surface area contributed by atoms with Crippen LogP contribution in [0.1, 0.15) is 15.2 Å². The minimum absolute atomic E-state index is 0.295. The summed E-state index contributed by atoms with van der Waals surface area (Å²) in [6, 6.07) is 12.2. The molecule has 2 N–H and O–H groups in total. The Kier molecular flexibility index (Phi) is 6.68. The van der Waals surface area contributed by atoms with Gasteiger partial charge in [-0.1, -0.05) is 18.2 Å². The van der Waals surface area contributed by atoms with Gasteiger partial charge in [0.05, 0.1) is 17.4 Å². The van der Waals surface area contributed by atoms with Crippen LogP contribution in [-0.4, -0.2) is 30.9 Å². The lowest BCUT2D eigenvalue weighted by Gasteiger charge is -2.07. The van der Waals surface area contributed by atoms with Gasteiger partial charge in [0.15, 0.2) is 6.61 Å². The van der Waals surface area contributed by atoms with E-state index in [2.05, 4.69) is 10.6 Å². The molecular weight excluding hydrogens is 342 g/mol. The lowest BCUT2D eigenvalue weighted by Crippen LogP contribution is -2.31. The fraction of sp³-hybridized carbons (Fsp3) is 0.176. The lowest BCUT2D eigenvalue weighted by atomic mass is 10.1. The van der Waals surface area contributed by atoms with E-state index in [1.807, 2.05) is 6.07 Å². The zero-order valence-corrected chi connectivity index (χ0v) is 14.0. The second kappa shape index (κ2) is 9.20. The molecule has 0 radical (unpaired) electrons. The zero-order chi connectivity index (χ0) is 18.1. The number of carbonyl (C=O) groups is 3. The highest BCUT2D eigenvalue weighted by atomic mass is 32.1. The number of hydrogen-bond acceptors (Lipinski definition) is 6. The standard InChI is InChI=1S/C17H15N3O4S/c18-8-7-12-3-5-13(6-4-12)20-15(21)11-24-16(22)10-19-17(23)14-2-1-9-25-14/h1-6,9H,7,10-11H2,(H,19,23)(H,20,21). The molecule has 1 aromatic carbocycles. The van der Waals surface area contributed by atoms with Crippen molar-refractivity contribution in [2.75, 3.05) is 18.5 Å². The van der Waals surface area contributed by atoms with Crippen molar-refractivity contribution in [2.45, 2.75) is 6.42 Å². The van der Waals surface area contributed by atoms with Gasteiger partial charge in [-0.2, -0.15) is 5.26 Å². The Morgan fingerprint density at radius 3 is 2.56 bits per heavy atom. The Morgan fingerprint density at radius 1 is 1.16 bits per heavy atom. The summed E-state index contributed by atoms with van der Waals surface area (Å²) in [6.07, 6.45) is 0.295. The van der Waals surface area contributed by atoms with Crippen molar-refractivity contribution in [2.24, 2.45) is 0 Å². The van der Waals surface area contributed by atoms with Gasteiger partial charge >= 0.3 is 5.97 Å². The Labute approximate surface area is 148 Å². The van der Waals surface area contributed by atoms with Crippen LogP contribution in [0.4, 0.5) is 5.69 Å². The van der Waals surface area contributed by atoms with Crippen molar-refractivity contribution in [1.29, 1.82) is 5.26 Å². The predicted molar refractivity (Wildman–Crippen MR) is 92.0 cm³/mol. The summed E-state index contributed by atoms with van der Waals surface area (Å²) < 4.78 is 4.80. The molecule has 2 aromatic rings. The van der Waals surface area contributed by atoms with Crippen molar-refractivity contribution in [1.82, 2.24) is 5.32 Å². The molecule has 0 aliphatic rings. The van der Waals surface area contributed by atoms with E-state index < -0.39 is 18.5 Å². The van der Waals surface area contributed by atoms with Gasteiger partial charge in [0.1, 0.15) is 6.54 Å². The highest BCUT2D eigenvalue weighted by Gasteiger charge is 2.11. The third kappa shape index (κ3) is 6.08. The first-order valence-electron chi connectivity index (χ1n) is 7.31. The Hall–Kier alpha value is -3.18. The Bertz CT molecular complexity index is 779. The topological polar surface area (TPSA) is 108 Å². The summed E-state index contributed by atoms with van der Waals surface area (Å²) in [5.74, 6) is -1.57. The summed E-state index contributed by atoms with van der Waals surface area (Å²) in [5.41, 5.74) is 1.38. The average Bonchev–Trinajstić information content (AvgIpc) is 3.14. The molecule has 0 bridgehead atoms. The van der Waals surface area contributed by atoms with Gasteiger partial charge in [0.25, 0.3) is 11.8 Å². The molecule has 2 rings (SSSR count). The monoisotopic (exact) mass is 357 g/mol. The first-order chi connectivity index (χ1) is 12.1. The zero-order valence-electron chi connectivity index (χ0n) is 13.2. The van der Waals surface area contributed by atoms with Crippen LogP contribution in [0.5, 0.6) is 0 Å². The molecule has 0 saturated carbocycles. The van der Waals surface area contributed by atoms with Crippen molar-refractivity contribution in [3.05, 3.63) is 52.2 Å². The van der Waals surface area contributed by atoms with Crippen LogP contribution in [0.3, 0.4) is 0 Å². The molecule has 0 spiro atoms. The first kappa shape index (κ1) is 18.2. The minimum atomic E-state index is -0.704. The summed E-state index contributed by atoms with van der Waals surface area (Å²) >= 11 is 1.26. The van der Waals surface area contributed by atoms with Crippen molar-refractivity contribution < 1.29 is 19.1 Å². The largest absolute Gasteiger partial charge is 0.454 e. The molecule has 1 heterocycles. The highest BCUT2D eigenvalue weighted by molar-refractivity contribution is 7.12. The van der Waals surface area contributed by atoms with Crippen molar-refractivity contribution >= 4 is 34.8 Å². The van der Waals surface area contributed by atoms with Crippen LogP contribution in [0.15, 0.2) is 41.8 Å². The molecule has 0 atom stereocenters. The van der Waals surface area contributed by atoms with Gasteiger partial charge in [-0.25, -0.2) is 0 Å². The maximum absolute atomic E-state index is 11.7. The fourth-order valence-electron chi connectivity index (χ4n) is 1.84. The number of benzene rings is 1. The molecule has 0 fully saturated rings. The SMILES string of the molecule is N#CCc1ccc(NC(=O)COC(=O)CNC(=O)c2cccs2)cc1. The summed E-state index contributed by atoms with van der Waals surface area (Å²) in [5, 5.41) is 15.3. The van der Waals surface area contributed by atoms with Gasteiger partial charge < -0.3 is 15.4 Å². The number of hydrogen-bond donors (Lipinski definition) is 2. The van der Waals surface area contributed by atoms with E-state index >= 15 is 0 Å². The highest BCUT2D eigenvalue weighted by Crippen LogP contribution is 2.10. The second-order valence-electron chi connectivity index (χ2n) is 4.90. The summed E-state index contributed by atoms with van der Waals surface area (Å²) in [6.45, 7) is -0.763. The van der Waals surface area contributed by atoms with Gasteiger partial charge in [-0.05, 0) is 29.1 Å². The molecule has 2 amide bonds. The van der Waals surface area contributed by atoms with Crippen molar-refractivity contribution in [3.8, 4) is 6.07 Å². The predicted octanol–water partition coefficient (Wildman–Crippen LogP) is 1.73. The number of thiophene rings is 1. The maximum atomic E-state index is 11.7. The number of amides is 2. The van der Waals surface area contributed by atoms with Gasteiger partial charge in [-0.15, -0.1) is 11.3 Å². The van der Waals surface area contributed by atoms with Crippen molar-refractivity contribution in [3.63, 3.8) is 0 Å². The second-order valence-corrected chi connectivity index (χ2v) is 5.85. The van der Waals surface area contributed by atoms with E-state index in [1.165, 1.54) is 11.3 Å². The Balaban J connectivity index is 1.69. The number of rotatable bonds is 7. The molecular formula is C17H15N3O4S. The van der Waals surface area contributed by atoms with Crippen LogP contribution >= 0.6 is 11.3 Å². The minimum Gasteiger partial charge on any atom is -0.454 e. The van der Waals surface area contributed by atoms with E-state index in [0.717, 1.165) is 5.56 Å². The molecule has 0 saturated heterocycles. The van der Waals surface area contributed by atoms with Gasteiger partial charge in [0.2, 0.25) is 0 Å². The summed E-state index contributed by atoms with van der Waals surface area (Å²) in [4.78, 5) is 35.4. The number of carbonyl (C=O) groups excluding carboxylic acids is 3. The molecule has 0 unspecified atom stereocenters. The van der Waals surface area contributed by atoms with Gasteiger partial charge in [0, 0.05) is 5.69 Å². The summed E-state index contributed by atoms with van der Waals surface area (Å²) in [7, 11) is 0. The van der Waals surface area contributed by atoms with E-state index in [-0.39, 0.29) is 12.5 Å². The molecule has 1 aromatic heterocycles. The number of ether oxygens (including phenoxy) is 1. The molecule has 25 heavy (non-hydrogen) atoms. The molecule has 7 nitrogen and oxygen atoms in total. The van der Waals surface area contributed by atoms with E-state index in [9.17, 15) is 14.4 Å². The van der Waals surface area contributed by atoms with E-state index in [0.29, 0.717) is 17.0 Å². The van der Waals surface area contributed by atoms with Crippen LogP contribution < -0.4 is 10.6 Å². The van der Waals surface area contributed by atoms with Crippen LogP contribution in [0, 0.1) is 11.3 Å². The average molecular weight is 357 g/mol. The van der Waals surface area contributed by atoms with Crippen LogP contribution in [-0.2, 0) is 20.7 Å². The fourth-order valence-corrected chi connectivity index (χ4v) is 2.48. The molecule has 0 aliphatic heterocycles. The Morgan fingerprint density at radius 2 is 1.92 bits per heavy atom. The van der Waals surface area contributed by atoms with E-state index in [1.54, 1.807) is 41.8 Å². The number of anilines is 1.